The predicted octanol–water partition coefficient (Wildman–Crippen LogP) is 3.54. The molecule has 2 rings (SSSR count). The predicted molar refractivity (Wildman–Crippen MR) is 64.2 cm³/mol. The van der Waals surface area contributed by atoms with E-state index < -0.39 is 0 Å². The second-order valence-corrected chi connectivity index (χ2v) is 4.96. The van der Waals surface area contributed by atoms with Crippen molar-refractivity contribution in [3.8, 4) is 0 Å². The molecule has 90 valence electrons. The highest BCUT2D eigenvalue weighted by Crippen LogP contribution is 2.26. The van der Waals surface area contributed by atoms with Gasteiger partial charge in [0, 0.05) is 6.42 Å². The molecule has 2 nitrogen and oxygen atoms in total. The van der Waals surface area contributed by atoms with Gasteiger partial charge in [0.1, 0.15) is 5.76 Å². The molecule has 1 aliphatic carbocycles. The van der Waals surface area contributed by atoms with Crippen LogP contribution in [-0.4, -0.2) is 11.2 Å². The topological polar surface area (TPSA) is 33.4 Å². The van der Waals surface area contributed by atoms with Crippen LogP contribution in [-0.2, 0) is 6.42 Å². The first kappa shape index (κ1) is 11.7. The number of rotatable bonds is 3. The van der Waals surface area contributed by atoms with Crippen LogP contribution in [0.4, 0.5) is 0 Å². The van der Waals surface area contributed by atoms with Gasteiger partial charge in [-0.25, -0.2) is 0 Å². The second-order valence-electron chi connectivity index (χ2n) is 4.96. The lowest BCUT2D eigenvalue weighted by molar-refractivity contribution is 0.0865. The highest BCUT2D eigenvalue weighted by Gasteiger charge is 2.20. The van der Waals surface area contributed by atoms with Crippen LogP contribution in [0.3, 0.4) is 0 Å². The highest BCUT2D eigenvalue weighted by molar-refractivity contribution is 5.00. The molecule has 1 atom stereocenters. The van der Waals surface area contributed by atoms with E-state index in [1.54, 1.807) is 6.26 Å². The van der Waals surface area contributed by atoms with Crippen molar-refractivity contribution in [3.63, 3.8) is 0 Å². The molecular formula is C14H22O2. The zero-order valence-electron chi connectivity index (χ0n) is 9.90. The van der Waals surface area contributed by atoms with Crippen molar-refractivity contribution in [3.05, 3.63) is 24.2 Å². The largest absolute Gasteiger partial charge is 0.469 e. The second kappa shape index (κ2) is 6.09. The Balaban J connectivity index is 1.84. The fourth-order valence-electron chi connectivity index (χ4n) is 2.67. The summed E-state index contributed by atoms with van der Waals surface area (Å²) in [5, 5.41) is 10.2. The van der Waals surface area contributed by atoms with Gasteiger partial charge in [-0.2, -0.15) is 0 Å². The van der Waals surface area contributed by atoms with E-state index in [1.165, 1.54) is 44.9 Å². The Morgan fingerprint density at radius 1 is 1.19 bits per heavy atom. The van der Waals surface area contributed by atoms with Crippen molar-refractivity contribution in [2.45, 2.75) is 57.5 Å². The van der Waals surface area contributed by atoms with Crippen LogP contribution >= 0.6 is 0 Å². The van der Waals surface area contributed by atoms with Crippen LogP contribution < -0.4 is 0 Å². The Bertz CT molecular complexity index is 271. The third-order valence-electron chi connectivity index (χ3n) is 3.68. The molecule has 0 bridgehead atoms. The van der Waals surface area contributed by atoms with Crippen LogP contribution in [0.15, 0.2) is 22.8 Å². The summed E-state index contributed by atoms with van der Waals surface area (Å²) in [4.78, 5) is 0. The molecule has 1 heterocycles. The Hall–Kier alpha value is -0.760. The quantitative estimate of drug-likeness (QED) is 0.848. The van der Waals surface area contributed by atoms with E-state index >= 15 is 0 Å². The summed E-state index contributed by atoms with van der Waals surface area (Å²) in [5.41, 5.74) is 0. The molecule has 0 radical (unpaired) electrons. The standard InChI is InChI=1S/C14H22O2/c15-14(11-13-9-6-10-16-13)12-7-4-2-1-3-5-8-12/h6,9-10,12,14-15H,1-5,7-8,11H2. The maximum Gasteiger partial charge on any atom is 0.106 e. The molecule has 0 amide bonds. The first-order valence-corrected chi connectivity index (χ1v) is 6.56. The lowest BCUT2D eigenvalue weighted by Gasteiger charge is -2.24. The van der Waals surface area contributed by atoms with Gasteiger partial charge in [-0.15, -0.1) is 0 Å². The van der Waals surface area contributed by atoms with Gasteiger partial charge in [-0.3, -0.25) is 0 Å². The minimum absolute atomic E-state index is 0.218. The molecule has 1 aromatic heterocycles. The van der Waals surface area contributed by atoms with E-state index in [0.29, 0.717) is 12.3 Å². The number of furan rings is 1. The molecular weight excluding hydrogens is 200 g/mol. The number of hydrogen-bond acceptors (Lipinski definition) is 2. The molecule has 16 heavy (non-hydrogen) atoms. The van der Waals surface area contributed by atoms with E-state index in [0.717, 1.165) is 5.76 Å². The lowest BCUT2D eigenvalue weighted by atomic mass is 9.86. The van der Waals surface area contributed by atoms with E-state index in [9.17, 15) is 5.11 Å². The molecule has 0 aromatic carbocycles. The minimum atomic E-state index is -0.218. The fourth-order valence-corrected chi connectivity index (χ4v) is 2.67. The number of hydrogen-bond donors (Lipinski definition) is 1. The molecule has 0 spiro atoms. The first-order chi connectivity index (χ1) is 7.86. The van der Waals surface area contributed by atoms with E-state index in [1.807, 2.05) is 12.1 Å². The number of aliphatic hydroxyl groups is 1. The summed E-state index contributed by atoms with van der Waals surface area (Å²) < 4.78 is 5.29. The summed E-state index contributed by atoms with van der Waals surface area (Å²) in [6.07, 6.45) is 11.1. The molecule has 1 aromatic rings. The van der Waals surface area contributed by atoms with Crippen LogP contribution in [0, 0.1) is 5.92 Å². The van der Waals surface area contributed by atoms with Gasteiger partial charge in [0.15, 0.2) is 0 Å². The zero-order valence-corrected chi connectivity index (χ0v) is 9.90. The fraction of sp³-hybridized carbons (Fsp3) is 0.714. The van der Waals surface area contributed by atoms with Crippen molar-refractivity contribution in [1.82, 2.24) is 0 Å². The molecule has 1 N–H and O–H groups in total. The molecule has 0 saturated heterocycles. The van der Waals surface area contributed by atoms with Gasteiger partial charge in [0.05, 0.1) is 12.4 Å². The maximum absolute atomic E-state index is 10.2. The third-order valence-corrected chi connectivity index (χ3v) is 3.68. The minimum Gasteiger partial charge on any atom is -0.469 e. The summed E-state index contributed by atoms with van der Waals surface area (Å²) in [6, 6.07) is 3.84. The summed E-state index contributed by atoms with van der Waals surface area (Å²) in [6.45, 7) is 0. The molecule has 1 fully saturated rings. The molecule has 2 heteroatoms. The smallest absolute Gasteiger partial charge is 0.106 e. The Kier molecular flexibility index (Phi) is 4.46. The van der Waals surface area contributed by atoms with Gasteiger partial charge in [-0.05, 0) is 30.9 Å². The van der Waals surface area contributed by atoms with E-state index in [4.69, 9.17) is 4.42 Å². The summed E-state index contributed by atoms with van der Waals surface area (Å²) in [7, 11) is 0. The van der Waals surface area contributed by atoms with Crippen molar-refractivity contribution in [1.29, 1.82) is 0 Å². The maximum atomic E-state index is 10.2. The summed E-state index contributed by atoms with van der Waals surface area (Å²) in [5.74, 6) is 1.39. The normalized spacial score (nSPS) is 21.3. The molecule has 1 unspecified atom stereocenters. The van der Waals surface area contributed by atoms with Crippen molar-refractivity contribution < 1.29 is 9.52 Å². The third kappa shape index (κ3) is 3.38. The summed E-state index contributed by atoms with van der Waals surface area (Å²) >= 11 is 0. The van der Waals surface area contributed by atoms with Crippen molar-refractivity contribution in [2.24, 2.45) is 5.92 Å². The van der Waals surface area contributed by atoms with Crippen molar-refractivity contribution in [2.75, 3.05) is 0 Å². The molecule has 1 saturated carbocycles. The SMILES string of the molecule is OC(Cc1ccco1)C1CCCCCCC1. The van der Waals surface area contributed by atoms with Crippen LogP contribution in [0.2, 0.25) is 0 Å². The van der Waals surface area contributed by atoms with Gasteiger partial charge in [0.2, 0.25) is 0 Å². The Morgan fingerprint density at radius 3 is 2.50 bits per heavy atom. The van der Waals surface area contributed by atoms with Gasteiger partial charge < -0.3 is 9.52 Å². The zero-order chi connectivity index (χ0) is 11.2. The Morgan fingerprint density at radius 2 is 1.88 bits per heavy atom. The highest BCUT2D eigenvalue weighted by atomic mass is 16.3. The Labute approximate surface area is 97.7 Å². The van der Waals surface area contributed by atoms with Crippen LogP contribution in [0.5, 0.6) is 0 Å². The van der Waals surface area contributed by atoms with E-state index in [2.05, 4.69) is 0 Å². The van der Waals surface area contributed by atoms with Crippen LogP contribution in [0.1, 0.15) is 50.7 Å². The molecule has 1 aliphatic rings. The monoisotopic (exact) mass is 222 g/mol. The lowest BCUT2D eigenvalue weighted by Crippen LogP contribution is -2.23. The van der Waals surface area contributed by atoms with E-state index in [-0.39, 0.29) is 6.10 Å². The molecule has 0 aliphatic heterocycles. The van der Waals surface area contributed by atoms with Crippen molar-refractivity contribution >= 4 is 0 Å². The first-order valence-electron chi connectivity index (χ1n) is 6.56. The van der Waals surface area contributed by atoms with Gasteiger partial charge in [-0.1, -0.05) is 32.1 Å². The van der Waals surface area contributed by atoms with Gasteiger partial charge >= 0.3 is 0 Å². The van der Waals surface area contributed by atoms with Gasteiger partial charge in [0.25, 0.3) is 0 Å². The number of aliphatic hydroxyl groups excluding tert-OH is 1. The average Bonchev–Trinajstić information content (AvgIpc) is 2.69. The average molecular weight is 222 g/mol. The van der Waals surface area contributed by atoms with Crippen LogP contribution in [0.25, 0.3) is 0 Å².